The molecule has 0 saturated heterocycles. The minimum absolute atomic E-state index is 0.0555. The van der Waals surface area contributed by atoms with Gasteiger partial charge in [-0.3, -0.25) is 4.31 Å². The lowest BCUT2D eigenvalue weighted by Crippen LogP contribution is -2.28. The van der Waals surface area contributed by atoms with E-state index in [9.17, 15) is 17.6 Å². The van der Waals surface area contributed by atoms with E-state index in [1.165, 1.54) is 30.3 Å². The number of carbonyl (C=O) groups is 1. The van der Waals surface area contributed by atoms with Crippen LogP contribution in [0.2, 0.25) is 5.02 Å². The molecule has 0 aromatic heterocycles. The van der Waals surface area contributed by atoms with Crippen molar-refractivity contribution in [3.8, 4) is 0 Å². The Morgan fingerprint density at radius 2 is 1.86 bits per heavy atom. The van der Waals surface area contributed by atoms with Crippen LogP contribution >= 0.6 is 11.6 Å². The highest BCUT2D eigenvalue weighted by molar-refractivity contribution is 7.92. The third-order valence-electron chi connectivity index (χ3n) is 3.01. The molecule has 0 amide bonds. The maximum absolute atomic E-state index is 13.8. The molecular weight excluding hydrogens is 333 g/mol. The largest absolute Gasteiger partial charge is 0.478 e. The zero-order valence-corrected chi connectivity index (χ0v) is 12.9. The number of benzene rings is 2. The highest BCUT2D eigenvalue weighted by Gasteiger charge is 2.27. The first-order valence-corrected chi connectivity index (χ1v) is 7.83. The molecule has 5 nitrogen and oxygen atoms in total. The summed E-state index contributed by atoms with van der Waals surface area (Å²) in [5.74, 6) is -2.26. The lowest BCUT2D eigenvalue weighted by atomic mass is 10.2. The molecular formula is C14H11ClFNO4S. The van der Waals surface area contributed by atoms with Gasteiger partial charge < -0.3 is 5.11 Å². The number of aromatic carboxylic acids is 1. The predicted octanol–water partition coefficient (Wildman–Crippen LogP) is 3.00. The molecule has 0 saturated carbocycles. The number of rotatable bonds is 4. The van der Waals surface area contributed by atoms with E-state index in [1.807, 2.05) is 0 Å². The van der Waals surface area contributed by atoms with Crippen LogP contribution in [0.15, 0.2) is 47.4 Å². The second-order valence-electron chi connectivity index (χ2n) is 4.37. The van der Waals surface area contributed by atoms with Crippen molar-refractivity contribution in [1.82, 2.24) is 0 Å². The fraction of sp³-hybridized carbons (Fsp3) is 0.0714. The monoisotopic (exact) mass is 343 g/mol. The molecule has 8 heteroatoms. The van der Waals surface area contributed by atoms with E-state index in [4.69, 9.17) is 16.7 Å². The lowest BCUT2D eigenvalue weighted by Gasteiger charge is -2.21. The van der Waals surface area contributed by atoms with Gasteiger partial charge in [-0.05, 0) is 30.3 Å². The van der Waals surface area contributed by atoms with Crippen molar-refractivity contribution >= 4 is 33.3 Å². The maximum Gasteiger partial charge on any atom is 0.337 e. The number of hydrogen-bond donors (Lipinski definition) is 1. The standard InChI is InChI=1S/C14H11ClFNO4S/c1-17(12-5-3-2-4-10(12)14(18)19)22(20,21)13-8-9(15)6-7-11(13)16/h2-8H,1H3,(H,18,19). The number of anilines is 1. The molecule has 0 radical (unpaired) electrons. The van der Waals surface area contributed by atoms with Gasteiger partial charge >= 0.3 is 5.97 Å². The van der Waals surface area contributed by atoms with Gasteiger partial charge in [-0.25, -0.2) is 17.6 Å². The number of halogens is 2. The van der Waals surface area contributed by atoms with E-state index in [-0.39, 0.29) is 16.3 Å². The van der Waals surface area contributed by atoms with Gasteiger partial charge in [0.05, 0.1) is 11.3 Å². The summed E-state index contributed by atoms with van der Waals surface area (Å²) in [6, 6.07) is 8.68. The molecule has 116 valence electrons. The zero-order chi connectivity index (χ0) is 16.5. The number of carboxylic acid groups (broad SMARTS) is 1. The molecule has 0 fully saturated rings. The summed E-state index contributed by atoms with van der Waals surface area (Å²) in [5.41, 5.74) is -0.287. The Hall–Kier alpha value is -2.12. The van der Waals surface area contributed by atoms with Crippen molar-refractivity contribution in [1.29, 1.82) is 0 Å². The number of carboxylic acids is 1. The van der Waals surface area contributed by atoms with Crippen molar-refractivity contribution in [2.45, 2.75) is 4.90 Å². The van der Waals surface area contributed by atoms with Crippen LogP contribution in [0.4, 0.5) is 10.1 Å². The predicted molar refractivity (Wildman–Crippen MR) is 80.4 cm³/mol. The summed E-state index contributed by atoms with van der Waals surface area (Å²) in [4.78, 5) is 10.6. The molecule has 2 aromatic carbocycles. The molecule has 2 rings (SSSR count). The van der Waals surface area contributed by atoms with Gasteiger partial charge in [0.2, 0.25) is 0 Å². The molecule has 0 unspecified atom stereocenters. The molecule has 0 heterocycles. The minimum atomic E-state index is -4.29. The first-order valence-electron chi connectivity index (χ1n) is 6.01. The zero-order valence-electron chi connectivity index (χ0n) is 11.3. The summed E-state index contributed by atoms with van der Waals surface area (Å²) in [6.07, 6.45) is 0. The Morgan fingerprint density at radius 3 is 2.50 bits per heavy atom. The number of hydrogen-bond acceptors (Lipinski definition) is 3. The van der Waals surface area contributed by atoms with Gasteiger partial charge in [0.15, 0.2) is 0 Å². The lowest BCUT2D eigenvalue weighted by molar-refractivity contribution is 0.0698. The Bertz CT molecular complexity index is 838. The van der Waals surface area contributed by atoms with Crippen molar-refractivity contribution in [2.75, 3.05) is 11.4 Å². The maximum atomic E-state index is 13.8. The normalized spacial score (nSPS) is 11.2. The summed E-state index contributed by atoms with van der Waals surface area (Å²) in [6.45, 7) is 0. The van der Waals surface area contributed by atoms with Crippen LogP contribution in [0, 0.1) is 5.82 Å². The van der Waals surface area contributed by atoms with Crippen LogP contribution in [0.3, 0.4) is 0 Å². The van der Waals surface area contributed by atoms with Gasteiger partial charge in [0.25, 0.3) is 10.0 Å². The fourth-order valence-corrected chi connectivity index (χ4v) is 3.42. The topological polar surface area (TPSA) is 74.7 Å². The van der Waals surface area contributed by atoms with Crippen molar-refractivity contribution in [2.24, 2.45) is 0 Å². The first kappa shape index (κ1) is 16.3. The van der Waals surface area contributed by atoms with Crippen LogP contribution in [-0.4, -0.2) is 26.5 Å². The fourth-order valence-electron chi connectivity index (χ4n) is 1.88. The van der Waals surface area contributed by atoms with Crippen LogP contribution in [0.1, 0.15) is 10.4 Å². The number of nitrogens with zero attached hydrogens (tertiary/aromatic N) is 1. The van der Waals surface area contributed by atoms with Crippen LogP contribution in [0.25, 0.3) is 0 Å². The van der Waals surface area contributed by atoms with Gasteiger partial charge in [-0.15, -0.1) is 0 Å². The summed E-state index contributed by atoms with van der Waals surface area (Å²) in [5, 5.41) is 9.19. The van der Waals surface area contributed by atoms with Crippen LogP contribution < -0.4 is 4.31 Å². The summed E-state index contributed by atoms with van der Waals surface area (Å²) in [7, 11) is -3.14. The number of para-hydroxylation sites is 1. The van der Waals surface area contributed by atoms with Crippen molar-refractivity contribution in [3.05, 3.63) is 58.9 Å². The smallest absolute Gasteiger partial charge is 0.337 e. The highest BCUT2D eigenvalue weighted by Crippen LogP contribution is 2.28. The van der Waals surface area contributed by atoms with E-state index in [2.05, 4.69) is 0 Å². The molecule has 0 aliphatic carbocycles. The average Bonchev–Trinajstić information content (AvgIpc) is 2.48. The molecule has 0 atom stereocenters. The van der Waals surface area contributed by atoms with E-state index >= 15 is 0 Å². The van der Waals surface area contributed by atoms with Crippen molar-refractivity contribution in [3.63, 3.8) is 0 Å². The van der Waals surface area contributed by atoms with Gasteiger partial charge in [0.1, 0.15) is 10.7 Å². The Labute approximate surface area is 131 Å². The second kappa shape index (κ2) is 5.94. The van der Waals surface area contributed by atoms with Crippen LogP contribution in [-0.2, 0) is 10.0 Å². The number of sulfonamides is 1. The summed E-state index contributed by atoms with van der Waals surface area (Å²) < 4.78 is 39.6. The second-order valence-corrected chi connectivity index (χ2v) is 6.74. The third kappa shape index (κ3) is 2.90. The molecule has 0 aliphatic rings. The summed E-state index contributed by atoms with van der Waals surface area (Å²) >= 11 is 5.71. The quantitative estimate of drug-likeness (QED) is 0.926. The van der Waals surface area contributed by atoms with Crippen LogP contribution in [0.5, 0.6) is 0 Å². The van der Waals surface area contributed by atoms with Gasteiger partial charge in [-0.2, -0.15) is 0 Å². The first-order chi connectivity index (χ1) is 10.2. The van der Waals surface area contributed by atoms with Crippen molar-refractivity contribution < 1.29 is 22.7 Å². The Morgan fingerprint density at radius 1 is 1.23 bits per heavy atom. The van der Waals surface area contributed by atoms with E-state index in [0.717, 1.165) is 19.2 Å². The van der Waals surface area contributed by atoms with Gasteiger partial charge in [-0.1, -0.05) is 23.7 Å². The SMILES string of the molecule is CN(c1ccccc1C(=O)O)S(=O)(=O)c1cc(Cl)ccc1F. The molecule has 0 spiro atoms. The Balaban J connectivity index is 2.60. The molecule has 1 N–H and O–H groups in total. The molecule has 0 bridgehead atoms. The third-order valence-corrected chi connectivity index (χ3v) is 5.03. The van der Waals surface area contributed by atoms with Gasteiger partial charge in [0, 0.05) is 12.1 Å². The van der Waals surface area contributed by atoms with E-state index in [1.54, 1.807) is 0 Å². The van der Waals surface area contributed by atoms with E-state index in [0.29, 0.717) is 4.31 Å². The minimum Gasteiger partial charge on any atom is -0.478 e. The highest BCUT2D eigenvalue weighted by atomic mass is 35.5. The molecule has 0 aliphatic heterocycles. The van der Waals surface area contributed by atoms with E-state index < -0.39 is 26.7 Å². The molecule has 2 aromatic rings. The average molecular weight is 344 g/mol. The molecule has 22 heavy (non-hydrogen) atoms. The Kier molecular flexibility index (Phi) is 4.39.